The molecule has 0 fully saturated rings. The lowest BCUT2D eigenvalue weighted by molar-refractivity contribution is -0.117. The van der Waals surface area contributed by atoms with Crippen LogP contribution in [-0.4, -0.2) is 11.8 Å². The second kappa shape index (κ2) is 6.35. The summed E-state index contributed by atoms with van der Waals surface area (Å²) in [7, 11) is 0. The number of hydrogen-bond donors (Lipinski definition) is 2. The van der Waals surface area contributed by atoms with Gasteiger partial charge in [-0.3, -0.25) is 9.59 Å². The molecule has 0 atom stereocenters. The van der Waals surface area contributed by atoms with Crippen molar-refractivity contribution in [1.82, 2.24) is 10.6 Å². The Labute approximate surface area is 162 Å². The van der Waals surface area contributed by atoms with Crippen molar-refractivity contribution in [1.29, 1.82) is 0 Å². The van der Waals surface area contributed by atoms with Gasteiger partial charge in [0, 0.05) is 0 Å². The maximum absolute atomic E-state index is 12.7. The highest BCUT2D eigenvalue weighted by atomic mass is 16.2. The SMILES string of the molecule is O=C1NC(c2ccc(-c3ccccc3)cc2)=C2C(=O)NC(c3ccccc3)=C12. The summed E-state index contributed by atoms with van der Waals surface area (Å²) in [5.74, 6) is -0.510. The lowest BCUT2D eigenvalue weighted by atomic mass is 10.00. The van der Waals surface area contributed by atoms with Crippen molar-refractivity contribution in [2.24, 2.45) is 0 Å². The van der Waals surface area contributed by atoms with Crippen LogP contribution in [0.5, 0.6) is 0 Å². The van der Waals surface area contributed by atoms with E-state index in [-0.39, 0.29) is 11.8 Å². The standard InChI is InChI=1S/C24H16N2O2/c27-23-19-20(24(28)25-21(19)17-9-5-2-6-10-17)22(26-23)18-13-11-16(12-14-18)15-7-3-1-4-8-15/h1-14H,(H,25,28)(H,26,27). The predicted molar refractivity (Wildman–Crippen MR) is 108 cm³/mol. The smallest absolute Gasteiger partial charge is 0.258 e. The van der Waals surface area contributed by atoms with E-state index >= 15 is 0 Å². The van der Waals surface area contributed by atoms with Crippen LogP contribution in [0.15, 0.2) is 96.1 Å². The van der Waals surface area contributed by atoms with Gasteiger partial charge >= 0.3 is 0 Å². The molecular weight excluding hydrogens is 348 g/mol. The van der Waals surface area contributed by atoms with E-state index < -0.39 is 0 Å². The molecule has 0 radical (unpaired) electrons. The maximum atomic E-state index is 12.7. The summed E-state index contributed by atoms with van der Waals surface area (Å²) in [6, 6.07) is 27.4. The third kappa shape index (κ3) is 2.55. The molecule has 2 aliphatic rings. The topological polar surface area (TPSA) is 58.2 Å². The lowest BCUT2D eigenvalue weighted by Gasteiger charge is -2.08. The molecule has 3 aromatic carbocycles. The van der Waals surface area contributed by atoms with Gasteiger partial charge in [-0.1, -0.05) is 84.9 Å². The number of benzene rings is 3. The molecule has 0 aromatic heterocycles. The van der Waals surface area contributed by atoms with Gasteiger partial charge in [0.25, 0.3) is 11.8 Å². The van der Waals surface area contributed by atoms with E-state index in [0.29, 0.717) is 22.5 Å². The van der Waals surface area contributed by atoms with Crippen LogP contribution in [0.1, 0.15) is 11.1 Å². The molecule has 4 nitrogen and oxygen atoms in total. The first kappa shape index (κ1) is 16.3. The molecule has 2 aliphatic heterocycles. The van der Waals surface area contributed by atoms with Crippen molar-refractivity contribution in [3.05, 3.63) is 107 Å². The number of hydrogen-bond acceptors (Lipinski definition) is 2. The average molecular weight is 364 g/mol. The molecule has 2 amide bonds. The number of fused-ring (bicyclic) bond motifs is 1. The second-order valence-corrected chi connectivity index (χ2v) is 6.72. The molecule has 0 saturated carbocycles. The van der Waals surface area contributed by atoms with E-state index in [0.717, 1.165) is 22.3 Å². The van der Waals surface area contributed by atoms with Crippen molar-refractivity contribution in [3.8, 4) is 11.1 Å². The minimum atomic E-state index is -0.255. The van der Waals surface area contributed by atoms with Crippen molar-refractivity contribution in [2.45, 2.75) is 0 Å². The molecule has 28 heavy (non-hydrogen) atoms. The predicted octanol–water partition coefficient (Wildman–Crippen LogP) is 3.74. The van der Waals surface area contributed by atoms with Gasteiger partial charge in [0.15, 0.2) is 0 Å². The molecule has 3 aromatic rings. The normalized spacial score (nSPS) is 15.6. The van der Waals surface area contributed by atoms with Crippen LogP contribution in [-0.2, 0) is 9.59 Å². The Hall–Kier alpha value is -3.92. The highest BCUT2D eigenvalue weighted by Crippen LogP contribution is 2.37. The Balaban J connectivity index is 1.58. The number of rotatable bonds is 3. The van der Waals surface area contributed by atoms with Gasteiger partial charge in [-0.05, 0) is 22.3 Å². The van der Waals surface area contributed by atoms with Crippen molar-refractivity contribution >= 4 is 23.2 Å². The molecule has 0 aliphatic carbocycles. The number of carbonyl (C=O) groups excluding carboxylic acids is 2. The Bertz CT molecular complexity index is 1160. The second-order valence-electron chi connectivity index (χ2n) is 6.72. The van der Waals surface area contributed by atoms with Gasteiger partial charge in [-0.2, -0.15) is 0 Å². The molecule has 0 bridgehead atoms. The summed E-state index contributed by atoms with van der Waals surface area (Å²) >= 11 is 0. The Kier molecular flexibility index (Phi) is 3.69. The maximum Gasteiger partial charge on any atom is 0.258 e. The van der Waals surface area contributed by atoms with E-state index in [9.17, 15) is 9.59 Å². The number of nitrogens with one attached hydrogen (secondary N) is 2. The number of amides is 2. The van der Waals surface area contributed by atoms with Crippen LogP contribution in [0.25, 0.3) is 22.5 Å². The zero-order valence-electron chi connectivity index (χ0n) is 14.9. The van der Waals surface area contributed by atoms with E-state index in [1.807, 2.05) is 84.9 Å². The Morgan fingerprint density at radius 3 is 1.29 bits per heavy atom. The monoisotopic (exact) mass is 364 g/mol. The molecule has 0 unspecified atom stereocenters. The average Bonchev–Trinajstić information content (AvgIpc) is 3.28. The highest BCUT2D eigenvalue weighted by molar-refractivity contribution is 6.30. The van der Waals surface area contributed by atoms with Gasteiger partial charge in [0.05, 0.1) is 22.5 Å². The summed E-state index contributed by atoms with van der Waals surface area (Å²) in [6.45, 7) is 0. The van der Waals surface area contributed by atoms with Crippen LogP contribution in [0.4, 0.5) is 0 Å². The fraction of sp³-hybridized carbons (Fsp3) is 0. The van der Waals surface area contributed by atoms with Gasteiger partial charge < -0.3 is 10.6 Å². The first-order valence-electron chi connectivity index (χ1n) is 9.05. The van der Waals surface area contributed by atoms with Crippen molar-refractivity contribution < 1.29 is 9.59 Å². The summed E-state index contributed by atoms with van der Waals surface area (Å²) in [5, 5.41) is 5.75. The minimum Gasteiger partial charge on any atom is -0.321 e. The zero-order valence-corrected chi connectivity index (χ0v) is 14.9. The van der Waals surface area contributed by atoms with E-state index in [1.165, 1.54) is 0 Å². The fourth-order valence-electron chi connectivity index (χ4n) is 3.68. The quantitative estimate of drug-likeness (QED) is 0.744. The molecule has 4 heteroatoms. The van der Waals surface area contributed by atoms with Crippen LogP contribution in [0, 0.1) is 0 Å². The van der Waals surface area contributed by atoms with Crippen LogP contribution < -0.4 is 10.6 Å². The summed E-state index contributed by atoms with van der Waals surface area (Å²) in [6.07, 6.45) is 0. The number of carbonyl (C=O) groups is 2. The van der Waals surface area contributed by atoms with Crippen LogP contribution in [0.2, 0.25) is 0 Å². The van der Waals surface area contributed by atoms with E-state index in [1.54, 1.807) is 0 Å². The molecule has 5 rings (SSSR count). The van der Waals surface area contributed by atoms with Gasteiger partial charge in [0.1, 0.15) is 0 Å². The largest absolute Gasteiger partial charge is 0.321 e. The summed E-state index contributed by atoms with van der Waals surface area (Å²) in [5.41, 5.74) is 5.77. The zero-order chi connectivity index (χ0) is 19.1. The van der Waals surface area contributed by atoms with Crippen molar-refractivity contribution in [3.63, 3.8) is 0 Å². The van der Waals surface area contributed by atoms with Crippen LogP contribution >= 0.6 is 0 Å². The van der Waals surface area contributed by atoms with Crippen molar-refractivity contribution in [2.75, 3.05) is 0 Å². The summed E-state index contributed by atoms with van der Waals surface area (Å²) in [4.78, 5) is 25.3. The fourth-order valence-corrected chi connectivity index (χ4v) is 3.68. The highest BCUT2D eigenvalue weighted by Gasteiger charge is 2.40. The van der Waals surface area contributed by atoms with Gasteiger partial charge in [-0.15, -0.1) is 0 Å². The lowest BCUT2D eigenvalue weighted by Crippen LogP contribution is -2.21. The minimum absolute atomic E-state index is 0.255. The Morgan fingerprint density at radius 2 is 0.786 bits per heavy atom. The van der Waals surface area contributed by atoms with Crippen LogP contribution in [0.3, 0.4) is 0 Å². The third-order valence-corrected chi connectivity index (χ3v) is 5.02. The summed E-state index contributed by atoms with van der Waals surface area (Å²) < 4.78 is 0. The van der Waals surface area contributed by atoms with E-state index in [4.69, 9.17) is 0 Å². The van der Waals surface area contributed by atoms with E-state index in [2.05, 4.69) is 10.6 Å². The first-order chi connectivity index (χ1) is 13.7. The first-order valence-corrected chi connectivity index (χ1v) is 9.05. The van der Waals surface area contributed by atoms with Gasteiger partial charge in [0.2, 0.25) is 0 Å². The molecule has 0 saturated heterocycles. The molecule has 2 heterocycles. The Morgan fingerprint density at radius 1 is 0.429 bits per heavy atom. The third-order valence-electron chi connectivity index (χ3n) is 5.02. The molecule has 134 valence electrons. The molecular formula is C24H16N2O2. The van der Waals surface area contributed by atoms with Gasteiger partial charge in [-0.25, -0.2) is 0 Å². The molecule has 0 spiro atoms. The molecule has 2 N–H and O–H groups in total.